The number of para-hydroxylation sites is 3. The van der Waals surface area contributed by atoms with Crippen LogP contribution < -0.4 is 31.0 Å². The third-order valence-corrected chi connectivity index (χ3v) is 3.52. The SMILES string of the molecule is COc1ccccc1OCCNCC(O)COc1cccc(N)c1N.Cl.Cl.Cl. The molecule has 0 bridgehead atoms. The third kappa shape index (κ3) is 8.95. The van der Waals surface area contributed by atoms with E-state index in [1.165, 1.54) is 0 Å². The Bertz CT molecular complexity index is 680. The number of aliphatic hydroxyl groups is 1. The van der Waals surface area contributed by atoms with Gasteiger partial charge in [0, 0.05) is 13.1 Å². The van der Waals surface area contributed by atoms with E-state index in [9.17, 15) is 5.11 Å². The highest BCUT2D eigenvalue weighted by molar-refractivity contribution is 5.86. The summed E-state index contributed by atoms with van der Waals surface area (Å²) in [6.45, 7) is 1.52. The molecule has 7 nitrogen and oxygen atoms in total. The van der Waals surface area contributed by atoms with E-state index in [4.69, 9.17) is 25.7 Å². The van der Waals surface area contributed by atoms with Crippen LogP contribution >= 0.6 is 37.2 Å². The normalized spacial score (nSPS) is 10.5. The van der Waals surface area contributed by atoms with Crippen molar-refractivity contribution in [2.24, 2.45) is 0 Å². The summed E-state index contributed by atoms with van der Waals surface area (Å²) in [5, 5.41) is 13.1. The van der Waals surface area contributed by atoms with E-state index < -0.39 is 6.10 Å². The van der Waals surface area contributed by atoms with Crippen molar-refractivity contribution in [3.05, 3.63) is 42.5 Å². The molecule has 2 aromatic rings. The summed E-state index contributed by atoms with van der Waals surface area (Å²) in [6.07, 6.45) is -0.674. The van der Waals surface area contributed by atoms with Gasteiger partial charge in [0.25, 0.3) is 0 Å². The maximum Gasteiger partial charge on any atom is 0.161 e. The summed E-state index contributed by atoms with van der Waals surface area (Å²) in [5.74, 6) is 1.85. The minimum Gasteiger partial charge on any atom is -0.493 e. The first-order chi connectivity index (χ1) is 12.1. The maximum atomic E-state index is 9.95. The highest BCUT2D eigenvalue weighted by Crippen LogP contribution is 2.27. The number of ether oxygens (including phenoxy) is 3. The minimum absolute atomic E-state index is 0. The summed E-state index contributed by atoms with van der Waals surface area (Å²) < 4.78 is 16.3. The van der Waals surface area contributed by atoms with E-state index in [1.54, 1.807) is 25.3 Å². The highest BCUT2D eigenvalue weighted by Gasteiger charge is 2.08. The Hall–Kier alpha value is -1.77. The molecule has 0 aliphatic rings. The van der Waals surface area contributed by atoms with Crippen LogP contribution in [0.3, 0.4) is 0 Å². The van der Waals surface area contributed by atoms with Crippen LogP contribution in [0, 0.1) is 0 Å². The molecule has 0 spiro atoms. The molecule has 1 unspecified atom stereocenters. The zero-order chi connectivity index (χ0) is 18.1. The number of nitrogens with one attached hydrogen (secondary N) is 1. The quantitative estimate of drug-likeness (QED) is 0.321. The molecule has 2 rings (SSSR count). The van der Waals surface area contributed by atoms with Gasteiger partial charge in [0.15, 0.2) is 11.5 Å². The second kappa shape index (κ2) is 15.2. The summed E-state index contributed by atoms with van der Waals surface area (Å²) in [7, 11) is 1.60. The molecule has 0 amide bonds. The van der Waals surface area contributed by atoms with Gasteiger partial charge in [-0.15, -0.1) is 37.2 Å². The van der Waals surface area contributed by atoms with Gasteiger partial charge in [-0.1, -0.05) is 18.2 Å². The molecule has 0 aromatic heterocycles. The molecule has 0 radical (unpaired) electrons. The van der Waals surface area contributed by atoms with Crippen molar-refractivity contribution >= 4 is 48.6 Å². The maximum absolute atomic E-state index is 9.95. The number of aliphatic hydroxyl groups excluding tert-OH is 1. The number of hydrogen-bond donors (Lipinski definition) is 4. The Balaban J connectivity index is 0. The first kappa shape index (κ1) is 28.4. The van der Waals surface area contributed by atoms with Crippen LogP contribution in [-0.2, 0) is 0 Å². The number of halogens is 3. The molecule has 0 aliphatic heterocycles. The molecule has 0 saturated carbocycles. The number of hydrogen-bond acceptors (Lipinski definition) is 7. The second-order valence-electron chi connectivity index (χ2n) is 5.43. The fourth-order valence-corrected chi connectivity index (χ4v) is 2.17. The second-order valence-corrected chi connectivity index (χ2v) is 5.43. The van der Waals surface area contributed by atoms with Crippen LogP contribution in [0.15, 0.2) is 42.5 Å². The van der Waals surface area contributed by atoms with Crippen LogP contribution in [0.2, 0.25) is 0 Å². The molecule has 1 atom stereocenters. The largest absolute Gasteiger partial charge is 0.493 e. The Kier molecular flexibility index (Phi) is 15.4. The molecule has 2 aromatic carbocycles. The minimum atomic E-state index is -0.674. The summed E-state index contributed by atoms with van der Waals surface area (Å²) in [5.41, 5.74) is 12.4. The van der Waals surface area contributed by atoms with Gasteiger partial charge in [-0.25, -0.2) is 0 Å². The van der Waals surface area contributed by atoms with Crippen molar-refractivity contribution in [3.63, 3.8) is 0 Å². The summed E-state index contributed by atoms with van der Waals surface area (Å²) in [4.78, 5) is 0. The number of nitrogen functional groups attached to an aromatic ring is 2. The molecular formula is C18H28Cl3N3O4. The van der Waals surface area contributed by atoms with E-state index in [1.807, 2.05) is 24.3 Å². The van der Waals surface area contributed by atoms with Crippen LogP contribution in [0.4, 0.5) is 11.4 Å². The first-order valence-corrected chi connectivity index (χ1v) is 8.03. The van der Waals surface area contributed by atoms with Gasteiger partial charge in [-0.3, -0.25) is 0 Å². The van der Waals surface area contributed by atoms with Crippen molar-refractivity contribution in [1.82, 2.24) is 5.32 Å². The fraction of sp³-hybridized carbons (Fsp3) is 0.333. The molecule has 0 heterocycles. The molecule has 28 heavy (non-hydrogen) atoms. The van der Waals surface area contributed by atoms with Gasteiger partial charge in [0.05, 0.1) is 18.5 Å². The van der Waals surface area contributed by atoms with Crippen molar-refractivity contribution in [2.75, 3.05) is 44.9 Å². The van der Waals surface area contributed by atoms with Gasteiger partial charge < -0.3 is 36.1 Å². The molecule has 0 saturated heterocycles. The average molecular weight is 457 g/mol. The van der Waals surface area contributed by atoms with E-state index in [0.29, 0.717) is 48.3 Å². The summed E-state index contributed by atoms with van der Waals surface area (Å²) in [6, 6.07) is 12.6. The lowest BCUT2D eigenvalue weighted by Crippen LogP contribution is -2.33. The van der Waals surface area contributed by atoms with Gasteiger partial charge in [-0.05, 0) is 24.3 Å². The van der Waals surface area contributed by atoms with Crippen molar-refractivity contribution in [2.45, 2.75) is 6.10 Å². The molecule has 160 valence electrons. The Morgan fingerprint density at radius 3 is 2.25 bits per heavy atom. The first-order valence-electron chi connectivity index (χ1n) is 8.03. The monoisotopic (exact) mass is 455 g/mol. The predicted octanol–water partition coefficient (Wildman–Crippen LogP) is 2.53. The smallest absolute Gasteiger partial charge is 0.161 e. The number of anilines is 2. The van der Waals surface area contributed by atoms with Crippen LogP contribution in [0.5, 0.6) is 17.2 Å². The van der Waals surface area contributed by atoms with Gasteiger partial charge in [0.1, 0.15) is 25.1 Å². The molecule has 0 fully saturated rings. The lowest BCUT2D eigenvalue weighted by molar-refractivity contribution is 0.106. The van der Waals surface area contributed by atoms with Crippen LogP contribution in [0.1, 0.15) is 0 Å². The van der Waals surface area contributed by atoms with Crippen molar-refractivity contribution < 1.29 is 19.3 Å². The number of benzene rings is 2. The zero-order valence-corrected chi connectivity index (χ0v) is 17.9. The lowest BCUT2D eigenvalue weighted by Gasteiger charge is -2.15. The Labute approximate surface area is 184 Å². The summed E-state index contributed by atoms with van der Waals surface area (Å²) >= 11 is 0. The molecule has 6 N–H and O–H groups in total. The van der Waals surface area contributed by atoms with Gasteiger partial charge in [0.2, 0.25) is 0 Å². The third-order valence-electron chi connectivity index (χ3n) is 3.52. The van der Waals surface area contributed by atoms with E-state index in [2.05, 4.69) is 5.32 Å². The van der Waals surface area contributed by atoms with Crippen LogP contribution in [0.25, 0.3) is 0 Å². The van der Waals surface area contributed by atoms with Gasteiger partial charge in [-0.2, -0.15) is 0 Å². The molecule has 10 heteroatoms. The highest BCUT2D eigenvalue weighted by atomic mass is 35.5. The van der Waals surface area contributed by atoms with Gasteiger partial charge >= 0.3 is 0 Å². The molecule has 0 aliphatic carbocycles. The Morgan fingerprint density at radius 1 is 0.929 bits per heavy atom. The van der Waals surface area contributed by atoms with E-state index in [-0.39, 0.29) is 43.8 Å². The van der Waals surface area contributed by atoms with Crippen molar-refractivity contribution in [1.29, 1.82) is 0 Å². The standard InChI is InChI=1S/C18H25N3O4.3ClH/c1-23-15-6-2-3-7-16(15)24-10-9-21-11-13(22)12-25-17-8-4-5-14(19)18(17)20;;;/h2-8,13,21-22H,9-12,19-20H2,1H3;3*1H. The average Bonchev–Trinajstić information content (AvgIpc) is 2.63. The Morgan fingerprint density at radius 2 is 1.57 bits per heavy atom. The van der Waals surface area contributed by atoms with E-state index in [0.717, 1.165) is 0 Å². The topological polar surface area (TPSA) is 112 Å². The fourth-order valence-electron chi connectivity index (χ4n) is 2.17. The predicted molar refractivity (Wildman–Crippen MR) is 120 cm³/mol. The number of nitrogens with two attached hydrogens (primary N) is 2. The van der Waals surface area contributed by atoms with Crippen molar-refractivity contribution in [3.8, 4) is 17.2 Å². The van der Waals surface area contributed by atoms with E-state index >= 15 is 0 Å². The lowest BCUT2D eigenvalue weighted by atomic mass is 10.2. The van der Waals surface area contributed by atoms with Crippen LogP contribution in [-0.4, -0.2) is 44.6 Å². The number of rotatable bonds is 10. The molecular weight excluding hydrogens is 429 g/mol. The zero-order valence-electron chi connectivity index (χ0n) is 15.5. The number of methoxy groups -OCH3 is 1.